The molecule has 2 aromatic heterocycles. The van der Waals surface area contributed by atoms with Gasteiger partial charge in [-0.25, -0.2) is 4.98 Å². The number of nitrogens with zero attached hydrogens (tertiary/aromatic N) is 3. The van der Waals surface area contributed by atoms with E-state index in [2.05, 4.69) is 15.3 Å². The third-order valence-corrected chi connectivity index (χ3v) is 2.63. The quantitative estimate of drug-likeness (QED) is 0.891. The predicted molar refractivity (Wildman–Crippen MR) is 70.4 cm³/mol. The molecule has 0 atom stereocenters. The van der Waals surface area contributed by atoms with E-state index in [9.17, 15) is 4.79 Å². The fourth-order valence-corrected chi connectivity index (χ4v) is 1.64. The van der Waals surface area contributed by atoms with Crippen molar-refractivity contribution in [2.24, 2.45) is 0 Å². The average molecular weight is 244 g/mol. The van der Waals surface area contributed by atoms with Crippen LogP contribution in [0.15, 0.2) is 41.7 Å². The minimum absolute atomic E-state index is 0.0958. The summed E-state index contributed by atoms with van der Waals surface area (Å²) in [5, 5.41) is 3.05. The minimum Gasteiger partial charge on any atom is -0.361 e. The van der Waals surface area contributed by atoms with Crippen LogP contribution >= 0.6 is 0 Å². The molecule has 0 radical (unpaired) electrons. The standard InChI is InChI=1S/C13H16N4O/c1-10(2)17-8-7-15-12(13(17)18)16-9-11-3-5-14-6-4-11/h3-8,10H,9H2,1-2H3,(H,15,16). The van der Waals surface area contributed by atoms with E-state index in [-0.39, 0.29) is 11.6 Å². The highest BCUT2D eigenvalue weighted by molar-refractivity contribution is 5.32. The van der Waals surface area contributed by atoms with Crippen LogP contribution < -0.4 is 10.9 Å². The van der Waals surface area contributed by atoms with Crippen molar-refractivity contribution < 1.29 is 0 Å². The van der Waals surface area contributed by atoms with Crippen molar-refractivity contribution in [3.8, 4) is 0 Å². The Bertz CT molecular complexity index is 563. The molecule has 18 heavy (non-hydrogen) atoms. The maximum atomic E-state index is 12.1. The van der Waals surface area contributed by atoms with Crippen molar-refractivity contribution in [3.63, 3.8) is 0 Å². The van der Waals surface area contributed by atoms with Gasteiger partial charge in [0.25, 0.3) is 5.56 Å². The maximum absolute atomic E-state index is 12.1. The normalized spacial score (nSPS) is 10.6. The highest BCUT2D eigenvalue weighted by Crippen LogP contribution is 2.03. The molecule has 0 aromatic carbocycles. The number of pyridine rings is 1. The van der Waals surface area contributed by atoms with E-state index >= 15 is 0 Å². The summed E-state index contributed by atoms with van der Waals surface area (Å²) in [6, 6.07) is 3.93. The molecule has 2 rings (SSSR count). The Hall–Kier alpha value is -2.17. The highest BCUT2D eigenvalue weighted by Gasteiger charge is 2.06. The van der Waals surface area contributed by atoms with Crippen LogP contribution in [0.5, 0.6) is 0 Å². The first-order chi connectivity index (χ1) is 8.68. The van der Waals surface area contributed by atoms with Gasteiger partial charge in [-0.05, 0) is 31.5 Å². The highest BCUT2D eigenvalue weighted by atomic mass is 16.1. The SMILES string of the molecule is CC(C)n1ccnc(NCc2ccncc2)c1=O. The molecule has 0 aliphatic heterocycles. The molecule has 0 aliphatic carbocycles. The van der Waals surface area contributed by atoms with Gasteiger partial charge in [0.05, 0.1) is 0 Å². The van der Waals surface area contributed by atoms with Crippen molar-refractivity contribution >= 4 is 5.82 Å². The van der Waals surface area contributed by atoms with Crippen LogP contribution in [-0.4, -0.2) is 14.5 Å². The first kappa shape index (κ1) is 12.3. The van der Waals surface area contributed by atoms with Crippen molar-refractivity contribution in [2.45, 2.75) is 26.4 Å². The molecule has 0 fully saturated rings. The van der Waals surface area contributed by atoms with Crippen molar-refractivity contribution in [1.82, 2.24) is 14.5 Å². The fraction of sp³-hybridized carbons (Fsp3) is 0.308. The molecule has 2 heterocycles. The molecule has 0 bridgehead atoms. The lowest BCUT2D eigenvalue weighted by molar-refractivity contribution is 0.575. The summed E-state index contributed by atoms with van der Waals surface area (Å²) in [5.74, 6) is 0.378. The summed E-state index contributed by atoms with van der Waals surface area (Å²) in [5.41, 5.74) is 0.965. The Morgan fingerprint density at radius 2 is 2.00 bits per heavy atom. The van der Waals surface area contributed by atoms with Crippen LogP contribution in [0.4, 0.5) is 5.82 Å². The maximum Gasteiger partial charge on any atom is 0.293 e. The Morgan fingerprint density at radius 1 is 1.28 bits per heavy atom. The zero-order chi connectivity index (χ0) is 13.0. The number of anilines is 1. The molecule has 1 N–H and O–H groups in total. The Kier molecular flexibility index (Phi) is 3.72. The molecule has 5 nitrogen and oxygen atoms in total. The summed E-state index contributed by atoms with van der Waals surface area (Å²) in [6.07, 6.45) is 6.78. The monoisotopic (exact) mass is 244 g/mol. The van der Waals surface area contributed by atoms with Crippen LogP contribution in [0.3, 0.4) is 0 Å². The number of rotatable bonds is 4. The van der Waals surface area contributed by atoms with Gasteiger partial charge < -0.3 is 9.88 Å². The van der Waals surface area contributed by atoms with Crippen molar-refractivity contribution in [3.05, 3.63) is 52.8 Å². The van der Waals surface area contributed by atoms with Gasteiger partial charge in [0, 0.05) is 37.4 Å². The average Bonchev–Trinajstić information content (AvgIpc) is 2.38. The van der Waals surface area contributed by atoms with Crippen molar-refractivity contribution in [1.29, 1.82) is 0 Å². The number of aromatic nitrogens is 3. The zero-order valence-electron chi connectivity index (χ0n) is 10.5. The second-order valence-corrected chi connectivity index (χ2v) is 4.29. The van der Waals surface area contributed by atoms with E-state index in [0.717, 1.165) is 5.56 Å². The summed E-state index contributed by atoms with van der Waals surface area (Å²) in [4.78, 5) is 20.1. The molecule has 94 valence electrons. The Morgan fingerprint density at radius 3 is 2.67 bits per heavy atom. The number of nitrogens with one attached hydrogen (secondary N) is 1. The van der Waals surface area contributed by atoms with Gasteiger partial charge in [0.2, 0.25) is 0 Å². The number of hydrogen-bond acceptors (Lipinski definition) is 4. The van der Waals surface area contributed by atoms with Crippen molar-refractivity contribution in [2.75, 3.05) is 5.32 Å². The van der Waals surface area contributed by atoms with Gasteiger partial charge in [-0.15, -0.1) is 0 Å². The van der Waals surface area contributed by atoms with E-state index in [1.54, 1.807) is 29.4 Å². The minimum atomic E-state index is -0.0958. The van der Waals surface area contributed by atoms with Crippen LogP contribution in [0.2, 0.25) is 0 Å². The topological polar surface area (TPSA) is 59.8 Å². The Labute approximate surface area is 106 Å². The predicted octanol–water partition coefficient (Wildman–Crippen LogP) is 1.83. The molecular formula is C13H16N4O. The van der Waals surface area contributed by atoms with Crippen LogP contribution in [0.25, 0.3) is 0 Å². The molecule has 0 amide bonds. The van der Waals surface area contributed by atoms with Gasteiger partial charge >= 0.3 is 0 Å². The van der Waals surface area contributed by atoms with Gasteiger partial charge in [-0.3, -0.25) is 9.78 Å². The molecule has 0 saturated carbocycles. The molecule has 2 aromatic rings. The summed E-state index contributed by atoms with van der Waals surface area (Å²) < 4.78 is 1.65. The number of hydrogen-bond donors (Lipinski definition) is 1. The lowest BCUT2D eigenvalue weighted by Crippen LogP contribution is -2.25. The van der Waals surface area contributed by atoms with Crippen LogP contribution in [-0.2, 0) is 6.54 Å². The van der Waals surface area contributed by atoms with Gasteiger partial charge in [0.15, 0.2) is 5.82 Å². The van der Waals surface area contributed by atoms with E-state index in [1.807, 2.05) is 26.0 Å². The Balaban J connectivity index is 2.15. The van der Waals surface area contributed by atoms with E-state index in [4.69, 9.17) is 0 Å². The molecule has 0 aliphatic rings. The lowest BCUT2D eigenvalue weighted by Gasteiger charge is -2.11. The molecule has 5 heteroatoms. The third kappa shape index (κ3) is 2.74. The largest absolute Gasteiger partial charge is 0.361 e. The van der Waals surface area contributed by atoms with Gasteiger partial charge in [-0.2, -0.15) is 0 Å². The summed E-state index contributed by atoms with van der Waals surface area (Å²) >= 11 is 0. The molecule has 0 saturated heterocycles. The van der Waals surface area contributed by atoms with E-state index < -0.39 is 0 Å². The molecular weight excluding hydrogens is 228 g/mol. The zero-order valence-corrected chi connectivity index (χ0v) is 10.5. The second-order valence-electron chi connectivity index (χ2n) is 4.29. The smallest absolute Gasteiger partial charge is 0.293 e. The summed E-state index contributed by atoms with van der Waals surface area (Å²) in [7, 11) is 0. The van der Waals surface area contributed by atoms with Crippen LogP contribution in [0, 0.1) is 0 Å². The van der Waals surface area contributed by atoms with Gasteiger partial charge in [0.1, 0.15) is 0 Å². The third-order valence-electron chi connectivity index (χ3n) is 2.63. The second kappa shape index (κ2) is 5.44. The molecule has 0 unspecified atom stereocenters. The summed E-state index contributed by atoms with van der Waals surface area (Å²) in [6.45, 7) is 4.49. The molecule has 0 spiro atoms. The first-order valence-corrected chi connectivity index (χ1v) is 5.88. The van der Waals surface area contributed by atoms with Crippen LogP contribution in [0.1, 0.15) is 25.5 Å². The van der Waals surface area contributed by atoms with E-state index in [0.29, 0.717) is 12.4 Å². The lowest BCUT2D eigenvalue weighted by atomic mass is 10.3. The van der Waals surface area contributed by atoms with E-state index in [1.165, 1.54) is 0 Å². The first-order valence-electron chi connectivity index (χ1n) is 5.88. The van der Waals surface area contributed by atoms with Gasteiger partial charge in [-0.1, -0.05) is 0 Å². The fourth-order valence-electron chi connectivity index (χ4n) is 1.64.